The highest BCUT2D eigenvalue weighted by atomic mass is 16.5. The van der Waals surface area contributed by atoms with E-state index in [1.54, 1.807) is 7.11 Å². The van der Waals surface area contributed by atoms with Crippen molar-refractivity contribution < 1.29 is 4.74 Å². The number of hydrogen-bond acceptors (Lipinski definition) is 6. The summed E-state index contributed by atoms with van der Waals surface area (Å²) in [6, 6.07) is 19.0. The Balaban J connectivity index is 1.50. The van der Waals surface area contributed by atoms with Gasteiger partial charge >= 0.3 is 0 Å². The molecule has 0 atom stereocenters. The molecular weight excluding hydrogens is 356 g/mol. The highest BCUT2D eigenvalue weighted by molar-refractivity contribution is 5.56. The summed E-state index contributed by atoms with van der Waals surface area (Å²) in [6.45, 7) is 0.976. The molecule has 0 fully saturated rings. The van der Waals surface area contributed by atoms with E-state index in [2.05, 4.69) is 25.7 Å². The number of hydrogen-bond donors (Lipinski definition) is 3. The van der Waals surface area contributed by atoms with Gasteiger partial charge in [-0.05, 0) is 17.7 Å². The first-order valence-electron chi connectivity index (χ1n) is 8.86. The van der Waals surface area contributed by atoms with Crippen molar-refractivity contribution in [3.8, 4) is 5.75 Å². The smallest absolute Gasteiger partial charge is 0.274 e. The predicted molar refractivity (Wildman–Crippen MR) is 108 cm³/mol. The minimum Gasteiger partial charge on any atom is -0.495 e. The molecule has 0 bridgehead atoms. The van der Waals surface area contributed by atoms with Crippen molar-refractivity contribution in [2.75, 3.05) is 17.7 Å². The summed E-state index contributed by atoms with van der Waals surface area (Å²) in [6.07, 6.45) is 0. The van der Waals surface area contributed by atoms with E-state index in [-0.39, 0.29) is 5.56 Å². The van der Waals surface area contributed by atoms with Crippen molar-refractivity contribution >= 4 is 17.4 Å². The Hall–Kier alpha value is -3.81. The Labute approximate surface area is 161 Å². The average molecular weight is 376 g/mol. The molecule has 8 nitrogen and oxygen atoms in total. The van der Waals surface area contributed by atoms with Crippen molar-refractivity contribution in [2.24, 2.45) is 0 Å². The van der Waals surface area contributed by atoms with Crippen LogP contribution in [-0.4, -0.2) is 26.7 Å². The Morgan fingerprint density at radius 1 is 1.00 bits per heavy atom. The van der Waals surface area contributed by atoms with Crippen LogP contribution in [-0.2, 0) is 13.1 Å². The minimum atomic E-state index is -0.220. The summed E-state index contributed by atoms with van der Waals surface area (Å²) in [5.41, 5.74) is 2.32. The number of aromatic nitrogens is 4. The maximum absolute atomic E-state index is 12.4. The number of methoxy groups -OCH3 is 1. The molecule has 2 aromatic heterocycles. The Morgan fingerprint density at radius 3 is 2.61 bits per heavy atom. The van der Waals surface area contributed by atoms with Gasteiger partial charge in [-0.15, -0.1) is 0 Å². The summed E-state index contributed by atoms with van der Waals surface area (Å²) in [7, 11) is 1.62. The van der Waals surface area contributed by atoms with E-state index in [4.69, 9.17) is 4.74 Å². The van der Waals surface area contributed by atoms with Gasteiger partial charge in [0.2, 0.25) is 5.95 Å². The van der Waals surface area contributed by atoms with E-state index < -0.39 is 0 Å². The second kappa shape index (κ2) is 7.83. The van der Waals surface area contributed by atoms with Gasteiger partial charge in [-0.1, -0.05) is 42.5 Å². The van der Waals surface area contributed by atoms with Crippen molar-refractivity contribution in [3.63, 3.8) is 0 Å². The van der Waals surface area contributed by atoms with Gasteiger partial charge in [-0.25, -0.2) is 4.98 Å². The fraction of sp³-hybridized carbons (Fsp3) is 0.150. The van der Waals surface area contributed by atoms with Crippen LogP contribution in [0.2, 0.25) is 0 Å². The lowest BCUT2D eigenvalue weighted by molar-refractivity contribution is 0.416. The maximum Gasteiger partial charge on any atom is 0.274 e. The molecule has 0 aliphatic heterocycles. The zero-order valence-corrected chi connectivity index (χ0v) is 15.3. The van der Waals surface area contributed by atoms with Crippen molar-refractivity contribution in [3.05, 3.63) is 82.3 Å². The van der Waals surface area contributed by atoms with E-state index in [0.717, 1.165) is 17.0 Å². The van der Waals surface area contributed by atoms with Crippen LogP contribution in [0.1, 0.15) is 11.3 Å². The Kier molecular flexibility index (Phi) is 4.92. The monoisotopic (exact) mass is 376 g/mol. The highest BCUT2D eigenvalue weighted by Gasteiger charge is 2.09. The summed E-state index contributed by atoms with van der Waals surface area (Å²) in [5, 5.41) is 9.34. The van der Waals surface area contributed by atoms with Gasteiger partial charge in [0.15, 0.2) is 0 Å². The van der Waals surface area contributed by atoms with Gasteiger partial charge < -0.3 is 15.4 Å². The molecule has 2 aromatic carbocycles. The number of nitrogens with one attached hydrogen (secondary N) is 3. The second-order valence-corrected chi connectivity index (χ2v) is 6.19. The topological polar surface area (TPSA) is 96.3 Å². The standard InChI is InChI=1S/C20H20N6O2/c1-28-17-10-6-5-9-16(17)21-13-15-11-18(27)26-20(23-15)24-19(25-26)22-12-14-7-3-2-4-8-14/h2-11,21H,12-13H2,1H3,(H2,22,23,24,25). The van der Waals surface area contributed by atoms with Crippen LogP contribution in [0.25, 0.3) is 5.78 Å². The number of rotatable bonds is 7. The number of nitrogens with zero attached hydrogens (tertiary/aromatic N) is 3. The van der Waals surface area contributed by atoms with Gasteiger partial charge in [0.05, 0.1) is 25.0 Å². The third kappa shape index (κ3) is 3.80. The lowest BCUT2D eigenvalue weighted by Crippen LogP contribution is -2.17. The molecule has 28 heavy (non-hydrogen) atoms. The summed E-state index contributed by atoms with van der Waals surface area (Å²) < 4.78 is 6.64. The number of ether oxygens (including phenoxy) is 1. The summed E-state index contributed by atoms with van der Waals surface area (Å²) in [5.74, 6) is 1.54. The molecule has 0 saturated carbocycles. The quantitative estimate of drug-likeness (QED) is 0.459. The van der Waals surface area contributed by atoms with Gasteiger partial charge in [-0.2, -0.15) is 9.50 Å². The van der Waals surface area contributed by atoms with Crippen LogP contribution in [0.3, 0.4) is 0 Å². The lowest BCUT2D eigenvalue weighted by Gasteiger charge is -2.10. The van der Waals surface area contributed by atoms with Crippen LogP contribution < -0.4 is 20.9 Å². The second-order valence-electron chi connectivity index (χ2n) is 6.19. The van der Waals surface area contributed by atoms with Crippen molar-refractivity contribution in [1.29, 1.82) is 0 Å². The molecule has 8 heteroatoms. The van der Waals surface area contributed by atoms with E-state index in [1.807, 2.05) is 54.6 Å². The number of benzene rings is 2. The van der Waals surface area contributed by atoms with Gasteiger partial charge in [0.25, 0.3) is 11.3 Å². The normalized spacial score (nSPS) is 10.8. The first-order valence-corrected chi connectivity index (χ1v) is 8.86. The molecule has 142 valence electrons. The number of anilines is 2. The third-order valence-electron chi connectivity index (χ3n) is 4.25. The summed E-state index contributed by atoms with van der Waals surface area (Å²) in [4.78, 5) is 21.2. The van der Waals surface area contributed by atoms with Crippen LogP contribution in [0.4, 0.5) is 11.6 Å². The molecule has 4 rings (SSSR count). The first-order chi connectivity index (χ1) is 13.7. The van der Waals surface area contributed by atoms with Crippen LogP contribution in [0, 0.1) is 0 Å². The Morgan fingerprint density at radius 2 is 1.79 bits per heavy atom. The van der Waals surface area contributed by atoms with E-state index in [9.17, 15) is 4.79 Å². The van der Waals surface area contributed by atoms with Crippen LogP contribution >= 0.6 is 0 Å². The van der Waals surface area contributed by atoms with Crippen molar-refractivity contribution in [2.45, 2.75) is 13.1 Å². The van der Waals surface area contributed by atoms with E-state index in [0.29, 0.717) is 30.5 Å². The van der Waals surface area contributed by atoms with Crippen molar-refractivity contribution in [1.82, 2.24) is 19.6 Å². The maximum atomic E-state index is 12.4. The van der Waals surface area contributed by atoms with E-state index >= 15 is 0 Å². The van der Waals surface area contributed by atoms with Crippen LogP contribution in [0.15, 0.2) is 65.5 Å². The zero-order chi connectivity index (χ0) is 19.3. The molecule has 0 radical (unpaired) electrons. The molecule has 0 unspecified atom stereocenters. The fourth-order valence-electron chi connectivity index (χ4n) is 2.86. The molecule has 0 spiro atoms. The largest absolute Gasteiger partial charge is 0.495 e. The average Bonchev–Trinajstić information content (AvgIpc) is 3.15. The fourth-order valence-corrected chi connectivity index (χ4v) is 2.86. The number of para-hydroxylation sites is 2. The molecular formula is C20H20N6O2. The van der Waals surface area contributed by atoms with Gasteiger partial charge in [0, 0.05) is 12.6 Å². The minimum absolute atomic E-state index is 0.220. The molecule has 2 heterocycles. The van der Waals surface area contributed by atoms with E-state index in [1.165, 1.54) is 10.6 Å². The molecule has 4 aromatic rings. The Bertz CT molecular complexity index is 1140. The summed E-state index contributed by atoms with van der Waals surface area (Å²) >= 11 is 0. The van der Waals surface area contributed by atoms with Gasteiger partial charge in [0.1, 0.15) is 5.75 Å². The molecule has 0 saturated heterocycles. The van der Waals surface area contributed by atoms with Crippen LogP contribution in [0.5, 0.6) is 5.75 Å². The molecule has 0 amide bonds. The third-order valence-corrected chi connectivity index (χ3v) is 4.25. The van der Waals surface area contributed by atoms with Gasteiger partial charge in [-0.3, -0.25) is 9.89 Å². The number of H-pyrrole nitrogens is 1. The lowest BCUT2D eigenvalue weighted by atomic mass is 10.2. The first kappa shape index (κ1) is 17.6. The molecule has 0 aliphatic carbocycles. The SMILES string of the molecule is COc1ccccc1NCc1cc(=O)n2[nH]c(NCc3ccccc3)nc2n1. The number of aromatic amines is 1. The zero-order valence-electron chi connectivity index (χ0n) is 15.3. The molecule has 3 N–H and O–H groups in total. The number of fused-ring (bicyclic) bond motifs is 1. The predicted octanol–water partition coefficient (Wildman–Crippen LogP) is 2.65. The molecule has 0 aliphatic rings. The highest BCUT2D eigenvalue weighted by Crippen LogP contribution is 2.23.